The summed E-state index contributed by atoms with van der Waals surface area (Å²) in [6.45, 7) is 11.1. The van der Waals surface area contributed by atoms with Crippen LogP contribution in [0.1, 0.15) is 19.3 Å². The number of piperazine rings is 2. The molecular weight excluding hydrogens is 322 g/mol. The first-order valence-corrected chi connectivity index (χ1v) is 10.9. The molecule has 0 aromatic carbocycles. The van der Waals surface area contributed by atoms with Crippen LogP contribution in [0, 0.1) is 0 Å². The minimum Gasteiger partial charge on any atom is -0.363 e. The summed E-state index contributed by atoms with van der Waals surface area (Å²) >= 11 is 2.14. The Morgan fingerprint density at radius 2 is 1.54 bits per heavy atom. The second kappa shape index (κ2) is 8.20. The molecule has 0 aromatic heterocycles. The van der Waals surface area contributed by atoms with Crippen LogP contribution in [-0.4, -0.2) is 104 Å². The Kier molecular flexibility index (Phi) is 5.99. The van der Waals surface area contributed by atoms with Gasteiger partial charge in [-0.25, -0.2) is 4.90 Å². The molecule has 4 heterocycles. The van der Waals surface area contributed by atoms with Crippen molar-refractivity contribution in [2.45, 2.75) is 31.3 Å². The Morgan fingerprint density at radius 1 is 0.875 bits per heavy atom. The minimum atomic E-state index is 0.0507. The van der Waals surface area contributed by atoms with Crippen molar-refractivity contribution in [1.82, 2.24) is 25.3 Å². The Morgan fingerprint density at radius 3 is 2.12 bits per heavy atom. The summed E-state index contributed by atoms with van der Waals surface area (Å²) in [6, 6.07) is 0. The van der Waals surface area contributed by atoms with Gasteiger partial charge in [0.1, 0.15) is 12.0 Å². The largest absolute Gasteiger partial charge is 0.363 e. The zero-order valence-corrected chi connectivity index (χ0v) is 15.7. The Bertz CT molecular complexity index is 376. The number of nitrogens with one attached hydrogen (secondary N) is 2. The highest BCUT2D eigenvalue weighted by molar-refractivity contribution is 7.99. The summed E-state index contributed by atoms with van der Waals surface area (Å²) in [5.41, 5.74) is 0. The van der Waals surface area contributed by atoms with Crippen LogP contribution in [0.4, 0.5) is 0 Å². The van der Waals surface area contributed by atoms with Crippen LogP contribution in [0.15, 0.2) is 0 Å². The van der Waals surface area contributed by atoms with E-state index >= 15 is 0 Å². The molecule has 0 bridgehead atoms. The summed E-state index contributed by atoms with van der Waals surface area (Å²) in [5.74, 6) is 2.47. The number of hydrogen-bond donors (Lipinski definition) is 2. The van der Waals surface area contributed by atoms with Gasteiger partial charge in [-0.05, 0) is 19.3 Å². The summed E-state index contributed by atoms with van der Waals surface area (Å²) < 4.78 is 6.29. The first-order valence-electron chi connectivity index (χ1n) is 9.79. The van der Waals surface area contributed by atoms with Gasteiger partial charge in [-0.3, -0.25) is 9.80 Å². The maximum absolute atomic E-state index is 6.29. The Balaban J connectivity index is 1.64. The highest BCUT2D eigenvalue weighted by Gasteiger charge is 2.51. The summed E-state index contributed by atoms with van der Waals surface area (Å²) in [4.78, 5) is 8.27. The van der Waals surface area contributed by atoms with Gasteiger partial charge < -0.3 is 15.4 Å². The van der Waals surface area contributed by atoms with Gasteiger partial charge in [0, 0.05) is 77.0 Å². The lowest BCUT2D eigenvalue weighted by Crippen LogP contribution is -2.78. The van der Waals surface area contributed by atoms with Crippen molar-refractivity contribution in [3.63, 3.8) is 0 Å². The number of nitrogens with zero attached hydrogens (tertiary/aromatic N) is 3. The molecular formula is C17H33N5OS. The second-order valence-electron chi connectivity index (χ2n) is 7.32. The van der Waals surface area contributed by atoms with E-state index in [9.17, 15) is 0 Å². The zero-order chi connectivity index (χ0) is 16.2. The molecule has 24 heavy (non-hydrogen) atoms. The molecule has 4 rings (SSSR count). The molecule has 2 N–H and O–H groups in total. The van der Waals surface area contributed by atoms with Crippen molar-refractivity contribution in [2.24, 2.45) is 0 Å². The number of hydrogen-bond acceptors (Lipinski definition) is 7. The van der Waals surface area contributed by atoms with Crippen molar-refractivity contribution < 1.29 is 4.74 Å². The van der Waals surface area contributed by atoms with E-state index in [1.165, 1.54) is 30.8 Å². The van der Waals surface area contributed by atoms with Crippen LogP contribution in [0.2, 0.25) is 0 Å². The van der Waals surface area contributed by atoms with E-state index in [0.29, 0.717) is 6.23 Å². The van der Waals surface area contributed by atoms with Crippen molar-refractivity contribution in [3.05, 3.63) is 0 Å². The maximum Gasteiger partial charge on any atom is 0.142 e. The van der Waals surface area contributed by atoms with Crippen LogP contribution in [0.25, 0.3) is 0 Å². The molecule has 1 atom stereocenters. The summed E-state index contributed by atoms with van der Waals surface area (Å²) in [7, 11) is 0. The third-order valence-electron chi connectivity index (χ3n) is 5.98. The molecule has 138 valence electrons. The van der Waals surface area contributed by atoms with Gasteiger partial charge in [0.05, 0.1) is 0 Å². The average Bonchev–Trinajstić information content (AvgIpc) is 2.70. The quantitative estimate of drug-likeness (QED) is 0.740. The van der Waals surface area contributed by atoms with Crippen molar-refractivity contribution in [2.75, 3.05) is 77.0 Å². The molecule has 6 nitrogen and oxygen atoms in total. The van der Waals surface area contributed by atoms with Crippen LogP contribution in [-0.2, 0) is 4.74 Å². The van der Waals surface area contributed by atoms with E-state index in [1.807, 2.05) is 0 Å². The highest BCUT2D eigenvalue weighted by Crippen LogP contribution is 2.37. The summed E-state index contributed by atoms with van der Waals surface area (Å²) in [6.07, 6.45) is 4.05. The van der Waals surface area contributed by atoms with Gasteiger partial charge in [-0.15, -0.1) is 0 Å². The fraction of sp³-hybridized carbons (Fsp3) is 1.00. The van der Waals surface area contributed by atoms with Gasteiger partial charge in [-0.2, -0.15) is 11.8 Å². The van der Waals surface area contributed by atoms with E-state index in [4.69, 9.17) is 4.74 Å². The lowest BCUT2D eigenvalue weighted by atomic mass is 10.1. The van der Waals surface area contributed by atoms with Crippen molar-refractivity contribution >= 4 is 11.8 Å². The predicted octanol–water partition coefficient (Wildman–Crippen LogP) is 0.0260. The molecule has 4 saturated heterocycles. The van der Waals surface area contributed by atoms with Gasteiger partial charge in [0.2, 0.25) is 0 Å². The van der Waals surface area contributed by atoms with Gasteiger partial charge in [0.25, 0.3) is 0 Å². The van der Waals surface area contributed by atoms with Crippen LogP contribution < -0.4 is 10.6 Å². The number of ether oxygens (including phenoxy) is 1. The SMILES string of the molecule is C1CCC(N2CCSCC2(N2CCNCC2)N2CCNCC2)OC1. The van der Waals surface area contributed by atoms with Crippen LogP contribution in [0.5, 0.6) is 0 Å². The molecule has 0 saturated carbocycles. The standard InChI is InChI=1S/C17H33N5OS/c1-2-13-23-16(3-1)22-12-14-24-15-17(22,20-8-4-18-5-9-20)21-10-6-19-7-11-21/h16,18-19H,1-15H2. The molecule has 4 aliphatic rings. The van der Waals surface area contributed by atoms with Gasteiger partial charge in [0.15, 0.2) is 0 Å². The monoisotopic (exact) mass is 355 g/mol. The third-order valence-corrected chi connectivity index (χ3v) is 7.05. The smallest absolute Gasteiger partial charge is 0.142 e. The fourth-order valence-corrected chi connectivity index (χ4v) is 6.04. The predicted molar refractivity (Wildman–Crippen MR) is 99.2 cm³/mol. The lowest BCUT2D eigenvalue weighted by molar-refractivity contribution is -0.229. The number of thioether (sulfide) groups is 1. The Labute approximate surface area is 150 Å². The van der Waals surface area contributed by atoms with E-state index in [2.05, 4.69) is 37.1 Å². The molecule has 7 heteroatoms. The molecule has 0 spiro atoms. The topological polar surface area (TPSA) is 43.0 Å². The molecule has 1 unspecified atom stereocenters. The fourth-order valence-electron chi connectivity index (χ4n) is 4.77. The summed E-state index contributed by atoms with van der Waals surface area (Å²) in [5, 5.41) is 7.08. The van der Waals surface area contributed by atoms with Crippen LogP contribution >= 0.6 is 11.8 Å². The molecule has 4 fully saturated rings. The van der Waals surface area contributed by atoms with Gasteiger partial charge in [-0.1, -0.05) is 0 Å². The molecule has 0 aliphatic carbocycles. The van der Waals surface area contributed by atoms with Crippen molar-refractivity contribution in [3.8, 4) is 0 Å². The van der Waals surface area contributed by atoms with E-state index in [1.54, 1.807) is 0 Å². The molecule has 4 aliphatic heterocycles. The van der Waals surface area contributed by atoms with E-state index in [0.717, 1.165) is 65.5 Å². The van der Waals surface area contributed by atoms with E-state index < -0.39 is 0 Å². The van der Waals surface area contributed by atoms with E-state index in [-0.39, 0.29) is 5.79 Å². The first-order chi connectivity index (χ1) is 11.9. The minimum absolute atomic E-state index is 0.0507. The normalized spacial score (nSPS) is 34.2. The van der Waals surface area contributed by atoms with Crippen molar-refractivity contribution in [1.29, 1.82) is 0 Å². The lowest BCUT2D eigenvalue weighted by Gasteiger charge is -2.61. The zero-order valence-electron chi connectivity index (χ0n) is 14.8. The highest BCUT2D eigenvalue weighted by atomic mass is 32.2. The van der Waals surface area contributed by atoms with Gasteiger partial charge >= 0.3 is 0 Å². The molecule has 0 radical (unpaired) electrons. The third kappa shape index (κ3) is 3.37. The Hall–Kier alpha value is 0.110. The second-order valence-corrected chi connectivity index (χ2v) is 8.42. The average molecular weight is 356 g/mol. The first kappa shape index (κ1) is 17.5. The van der Waals surface area contributed by atoms with Crippen LogP contribution in [0.3, 0.4) is 0 Å². The molecule has 0 aromatic rings. The maximum atomic E-state index is 6.29. The molecule has 0 amide bonds. The number of rotatable bonds is 3.